The van der Waals surface area contributed by atoms with Crippen LogP contribution in [0.25, 0.3) is 0 Å². The third-order valence-electron chi connectivity index (χ3n) is 0.473. The SMILES string of the molecule is C1CPPO1. The zero-order valence-corrected chi connectivity index (χ0v) is 4.82. The highest BCUT2D eigenvalue weighted by Gasteiger charge is 1.94. The van der Waals surface area contributed by atoms with Gasteiger partial charge in [0.05, 0.1) is 6.61 Å². The van der Waals surface area contributed by atoms with E-state index in [1.165, 1.54) is 6.16 Å². The van der Waals surface area contributed by atoms with Gasteiger partial charge in [-0.25, -0.2) is 0 Å². The summed E-state index contributed by atoms with van der Waals surface area (Å²) in [4.78, 5) is 0. The molecule has 0 aromatic carbocycles. The molecule has 2 unspecified atom stereocenters. The van der Waals surface area contributed by atoms with Crippen molar-refractivity contribution in [3.63, 3.8) is 0 Å². The van der Waals surface area contributed by atoms with Crippen LogP contribution in [0.5, 0.6) is 0 Å². The molecule has 0 radical (unpaired) electrons. The Morgan fingerprint density at radius 2 is 2.60 bits per heavy atom. The van der Waals surface area contributed by atoms with Crippen molar-refractivity contribution in [2.75, 3.05) is 12.8 Å². The fourth-order valence-corrected chi connectivity index (χ4v) is 2.30. The standard InChI is InChI=1S/C2H6OP2/c1-2-4-5-3-1/h4-5H,1-2H2. The molecule has 1 nitrogen and oxygen atoms in total. The minimum atomic E-state index is 0.836. The van der Waals surface area contributed by atoms with Crippen LogP contribution in [0.15, 0.2) is 0 Å². The zero-order chi connectivity index (χ0) is 3.54. The van der Waals surface area contributed by atoms with Gasteiger partial charge in [0.2, 0.25) is 0 Å². The Morgan fingerprint density at radius 1 is 1.60 bits per heavy atom. The fraction of sp³-hybridized carbons (Fsp3) is 1.00. The lowest BCUT2D eigenvalue weighted by molar-refractivity contribution is 0.409. The lowest BCUT2D eigenvalue weighted by atomic mass is 10.9. The molecule has 1 aliphatic rings. The average Bonchev–Trinajstić information content (AvgIpc) is 1.76. The van der Waals surface area contributed by atoms with E-state index in [0.717, 1.165) is 23.4 Å². The van der Waals surface area contributed by atoms with Crippen molar-refractivity contribution in [2.45, 2.75) is 0 Å². The maximum absolute atomic E-state index is 4.98. The summed E-state index contributed by atoms with van der Waals surface area (Å²) in [6, 6.07) is 0. The quantitative estimate of drug-likeness (QED) is 0.423. The Bertz CT molecular complexity index is 19.2. The van der Waals surface area contributed by atoms with Gasteiger partial charge in [-0.1, -0.05) is 8.27 Å². The Kier molecular flexibility index (Phi) is 1.66. The van der Waals surface area contributed by atoms with Crippen molar-refractivity contribution < 1.29 is 4.52 Å². The van der Waals surface area contributed by atoms with Crippen LogP contribution in [0, 0.1) is 0 Å². The van der Waals surface area contributed by atoms with Gasteiger partial charge in [-0.2, -0.15) is 0 Å². The molecule has 30 valence electrons. The molecule has 2 atom stereocenters. The van der Waals surface area contributed by atoms with E-state index in [0.29, 0.717) is 0 Å². The Morgan fingerprint density at radius 3 is 2.80 bits per heavy atom. The van der Waals surface area contributed by atoms with E-state index < -0.39 is 0 Å². The van der Waals surface area contributed by atoms with E-state index in [1.807, 2.05) is 0 Å². The van der Waals surface area contributed by atoms with Gasteiger partial charge >= 0.3 is 0 Å². The molecule has 0 aromatic rings. The molecule has 0 aliphatic carbocycles. The molecule has 1 rings (SSSR count). The van der Waals surface area contributed by atoms with Crippen LogP contribution in [0.3, 0.4) is 0 Å². The molecule has 0 aromatic heterocycles. The number of hydrogen-bond acceptors (Lipinski definition) is 1. The predicted octanol–water partition coefficient (Wildman–Crippen LogP) is 1.20. The molecule has 1 heterocycles. The van der Waals surface area contributed by atoms with Crippen LogP contribution in [0.1, 0.15) is 0 Å². The fourth-order valence-electron chi connectivity index (χ4n) is 0.255. The van der Waals surface area contributed by atoms with Crippen LogP contribution < -0.4 is 0 Å². The summed E-state index contributed by atoms with van der Waals surface area (Å²) in [5.74, 6) is 0. The molecular weight excluding hydrogens is 102 g/mol. The van der Waals surface area contributed by atoms with Gasteiger partial charge < -0.3 is 4.52 Å². The first-order chi connectivity index (χ1) is 2.50. The summed E-state index contributed by atoms with van der Waals surface area (Å²) >= 11 is 0. The second-order valence-corrected chi connectivity index (χ2v) is 3.90. The zero-order valence-electron chi connectivity index (χ0n) is 2.82. The first-order valence-corrected chi connectivity index (χ1v) is 4.71. The second-order valence-electron chi connectivity index (χ2n) is 0.877. The molecule has 3 heteroatoms. The second kappa shape index (κ2) is 2.08. The first-order valence-electron chi connectivity index (χ1n) is 1.60. The van der Waals surface area contributed by atoms with Gasteiger partial charge in [-0.05, 0) is 6.16 Å². The van der Waals surface area contributed by atoms with Gasteiger partial charge in [0.25, 0.3) is 0 Å². The van der Waals surface area contributed by atoms with Crippen molar-refractivity contribution in [1.82, 2.24) is 0 Å². The smallest absolute Gasteiger partial charge is 0.0550 e. The predicted molar refractivity (Wildman–Crippen MR) is 27.4 cm³/mol. The summed E-state index contributed by atoms with van der Waals surface area (Å²) < 4.78 is 4.98. The maximum atomic E-state index is 4.98. The molecule has 0 saturated carbocycles. The van der Waals surface area contributed by atoms with Crippen LogP contribution in [-0.4, -0.2) is 12.8 Å². The summed E-state index contributed by atoms with van der Waals surface area (Å²) in [6.07, 6.45) is 1.32. The van der Waals surface area contributed by atoms with Crippen LogP contribution in [-0.2, 0) is 4.52 Å². The molecule has 1 fully saturated rings. The molecule has 1 saturated heterocycles. The molecular formula is C2H6OP2. The van der Waals surface area contributed by atoms with E-state index in [-0.39, 0.29) is 0 Å². The van der Waals surface area contributed by atoms with E-state index in [4.69, 9.17) is 4.52 Å². The normalized spacial score (nSPS) is 33.6. The first kappa shape index (κ1) is 3.99. The Hall–Kier alpha value is 0.820. The molecule has 0 bridgehead atoms. The van der Waals surface area contributed by atoms with Crippen molar-refractivity contribution >= 4 is 16.8 Å². The lowest BCUT2D eigenvalue weighted by Crippen LogP contribution is -1.73. The summed E-state index contributed by atoms with van der Waals surface area (Å²) in [7, 11) is 1.95. The van der Waals surface area contributed by atoms with E-state index in [9.17, 15) is 0 Å². The summed E-state index contributed by atoms with van der Waals surface area (Å²) in [6.45, 7) is 1.02. The Balaban J connectivity index is 2.08. The third kappa shape index (κ3) is 1.13. The van der Waals surface area contributed by atoms with Crippen LogP contribution in [0.2, 0.25) is 0 Å². The van der Waals surface area contributed by atoms with E-state index >= 15 is 0 Å². The van der Waals surface area contributed by atoms with Gasteiger partial charge in [0.1, 0.15) is 0 Å². The summed E-state index contributed by atoms with van der Waals surface area (Å²) in [5.41, 5.74) is 0. The highest BCUT2D eigenvalue weighted by Crippen LogP contribution is 2.42. The molecule has 0 amide bonds. The molecule has 5 heavy (non-hydrogen) atoms. The van der Waals surface area contributed by atoms with Crippen molar-refractivity contribution in [3.05, 3.63) is 0 Å². The van der Waals surface area contributed by atoms with Crippen molar-refractivity contribution in [1.29, 1.82) is 0 Å². The minimum Gasteiger partial charge on any atom is -0.358 e. The number of hydrogen-bond donors (Lipinski definition) is 0. The van der Waals surface area contributed by atoms with Gasteiger partial charge in [0, 0.05) is 8.50 Å². The van der Waals surface area contributed by atoms with Gasteiger partial charge in [-0.3, -0.25) is 0 Å². The van der Waals surface area contributed by atoms with Crippen molar-refractivity contribution in [3.8, 4) is 0 Å². The average molecular weight is 108 g/mol. The summed E-state index contributed by atoms with van der Waals surface area (Å²) in [5, 5.41) is 0. The highest BCUT2D eigenvalue weighted by molar-refractivity contribution is 8.10. The van der Waals surface area contributed by atoms with Crippen LogP contribution >= 0.6 is 16.8 Å². The highest BCUT2D eigenvalue weighted by atomic mass is 32.0. The molecule has 1 aliphatic heterocycles. The lowest BCUT2D eigenvalue weighted by Gasteiger charge is -1.75. The van der Waals surface area contributed by atoms with Gasteiger partial charge in [0.15, 0.2) is 0 Å². The number of rotatable bonds is 0. The largest absolute Gasteiger partial charge is 0.358 e. The molecule has 0 N–H and O–H groups in total. The monoisotopic (exact) mass is 108 g/mol. The third-order valence-corrected chi connectivity index (χ3v) is 3.04. The van der Waals surface area contributed by atoms with E-state index in [1.54, 1.807) is 0 Å². The maximum Gasteiger partial charge on any atom is 0.0550 e. The van der Waals surface area contributed by atoms with Gasteiger partial charge in [-0.15, -0.1) is 0 Å². The topological polar surface area (TPSA) is 9.23 Å². The van der Waals surface area contributed by atoms with Crippen molar-refractivity contribution in [2.24, 2.45) is 0 Å². The van der Waals surface area contributed by atoms with E-state index in [2.05, 4.69) is 0 Å². The van der Waals surface area contributed by atoms with Crippen LogP contribution in [0.4, 0.5) is 0 Å². The Labute approximate surface area is 35.0 Å². The minimum absolute atomic E-state index is 0.836. The molecule has 0 spiro atoms.